The lowest BCUT2D eigenvalue weighted by Gasteiger charge is -2.38. The first kappa shape index (κ1) is 25.9. The summed E-state index contributed by atoms with van der Waals surface area (Å²) >= 11 is 11.5. The van der Waals surface area contributed by atoms with Gasteiger partial charge in [-0.3, -0.25) is 0 Å². The lowest BCUT2D eigenvalue weighted by atomic mass is 9.74. The minimum Gasteiger partial charge on any atom is -0.381 e. The molecule has 35 heavy (non-hydrogen) atoms. The highest BCUT2D eigenvalue weighted by atomic mass is 35.5. The first-order chi connectivity index (χ1) is 16.7. The minimum absolute atomic E-state index is 0.102. The van der Waals surface area contributed by atoms with Gasteiger partial charge in [0, 0.05) is 48.8 Å². The molecule has 0 spiro atoms. The van der Waals surface area contributed by atoms with Crippen LogP contribution in [0.2, 0.25) is 5.02 Å². The zero-order valence-electron chi connectivity index (χ0n) is 19.5. The third-order valence-corrected chi connectivity index (χ3v) is 7.32. The van der Waals surface area contributed by atoms with E-state index in [0.29, 0.717) is 31.3 Å². The molecule has 1 atom stereocenters. The van der Waals surface area contributed by atoms with Gasteiger partial charge in [-0.05, 0) is 68.9 Å². The summed E-state index contributed by atoms with van der Waals surface area (Å²) in [6, 6.07) is 8.81. The van der Waals surface area contributed by atoms with Crippen LogP contribution in [0.1, 0.15) is 50.3 Å². The summed E-state index contributed by atoms with van der Waals surface area (Å²) in [6.07, 6.45) is -0.167. The normalized spacial score (nSPS) is 20.4. The number of thiocarbonyl (C=S) groups is 1. The Balaban J connectivity index is 1.51. The summed E-state index contributed by atoms with van der Waals surface area (Å²) in [5.74, 6) is 0.0875. The fourth-order valence-electron chi connectivity index (χ4n) is 4.75. The van der Waals surface area contributed by atoms with E-state index in [0.717, 1.165) is 43.7 Å². The third kappa shape index (κ3) is 6.34. The monoisotopic (exact) mass is 527 g/mol. The number of hydrogen-bond acceptors (Lipinski definition) is 5. The maximum Gasteiger partial charge on any atom is 0.433 e. The molecule has 2 aliphatic heterocycles. The Bertz CT molecular complexity index is 1030. The van der Waals surface area contributed by atoms with Crippen molar-refractivity contribution in [2.75, 3.05) is 36.5 Å². The van der Waals surface area contributed by atoms with E-state index >= 15 is 0 Å². The highest BCUT2D eigenvalue weighted by molar-refractivity contribution is 7.80. The SMILES string of the molecule is C[C@H]1CCCCN1c1cc(C(F)(F)F)nc(NC(=S)NCC2(c3ccc(Cl)cc3)CCOCC2)n1. The largest absolute Gasteiger partial charge is 0.433 e. The molecule has 2 N–H and O–H groups in total. The fourth-order valence-corrected chi connectivity index (χ4v) is 5.04. The van der Waals surface area contributed by atoms with Crippen molar-refractivity contribution >= 4 is 40.7 Å². The molecule has 0 bridgehead atoms. The Morgan fingerprint density at radius 3 is 2.57 bits per heavy atom. The molecule has 3 heterocycles. The molecule has 0 saturated carbocycles. The van der Waals surface area contributed by atoms with E-state index in [2.05, 4.69) is 20.6 Å². The molecule has 2 aromatic rings. The van der Waals surface area contributed by atoms with Gasteiger partial charge < -0.3 is 20.3 Å². The van der Waals surface area contributed by atoms with E-state index < -0.39 is 11.9 Å². The number of nitrogens with zero attached hydrogens (tertiary/aromatic N) is 3. The molecule has 11 heteroatoms. The predicted molar refractivity (Wildman–Crippen MR) is 135 cm³/mol. The van der Waals surface area contributed by atoms with Crippen LogP contribution in [0.4, 0.5) is 24.9 Å². The maximum absolute atomic E-state index is 13.6. The second-order valence-electron chi connectivity index (χ2n) is 9.18. The molecule has 2 fully saturated rings. The van der Waals surface area contributed by atoms with Crippen LogP contribution in [0.15, 0.2) is 30.3 Å². The van der Waals surface area contributed by atoms with Gasteiger partial charge >= 0.3 is 6.18 Å². The molecule has 0 aliphatic carbocycles. The summed E-state index contributed by atoms with van der Waals surface area (Å²) in [5.41, 5.74) is -0.123. The lowest BCUT2D eigenvalue weighted by Crippen LogP contribution is -2.45. The van der Waals surface area contributed by atoms with E-state index in [1.54, 1.807) is 0 Å². The molecule has 2 aliphatic rings. The maximum atomic E-state index is 13.6. The van der Waals surface area contributed by atoms with E-state index in [4.69, 9.17) is 28.6 Å². The van der Waals surface area contributed by atoms with Gasteiger partial charge in [-0.2, -0.15) is 18.2 Å². The highest BCUT2D eigenvalue weighted by Gasteiger charge is 2.36. The summed E-state index contributed by atoms with van der Waals surface area (Å²) in [5, 5.41) is 6.79. The number of hydrogen-bond donors (Lipinski definition) is 2. The Morgan fingerprint density at radius 2 is 1.91 bits per heavy atom. The average Bonchev–Trinajstić information content (AvgIpc) is 2.83. The van der Waals surface area contributed by atoms with Crippen LogP contribution in [0.25, 0.3) is 0 Å². The molecule has 2 saturated heterocycles. The van der Waals surface area contributed by atoms with E-state index in [1.807, 2.05) is 36.1 Å². The smallest absolute Gasteiger partial charge is 0.381 e. The van der Waals surface area contributed by atoms with Crippen molar-refractivity contribution in [3.63, 3.8) is 0 Å². The topological polar surface area (TPSA) is 62.3 Å². The summed E-state index contributed by atoms with van der Waals surface area (Å²) < 4.78 is 46.4. The number of piperidine rings is 1. The van der Waals surface area contributed by atoms with Crippen LogP contribution in [-0.4, -0.2) is 47.4 Å². The Hall–Kier alpha value is -2.17. The second kappa shape index (κ2) is 10.8. The molecule has 0 unspecified atom stereocenters. The van der Waals surface area contributed by atoms with Gasteiger partial charge in [0.05, 0.1) is 0 Å². The molecular formula is C24H29ClF3N5OS. The van der Waals surface area contributed by atoms with Crippen molar-refractivity contribution in [2.24, 2.45) is 0 Å². The Kier molecular flexibility index (Phi) is 8.02. The molecule has 4 rings (SSSR count). The number of rotatable bonds is 5. The van der Waals surface area contributed by atoms with Gasteiger partial charge in [0.15, 0.2) is 10.8 Å². The fraction of sp³-hybridized carbons (Fsp3) is 0.542. The number of anilines is 2. The van der Waals surface area contributed by atoms with Crippen molar-refractivity contribution in [2.45, 2.75) is 56.7 Å². The summed E-state index contributed by atoms with van der Waals surface area (Å²) in [6.45, 7) is 4.36. The van der Waals surface area contributed by atoms with Gasteiger partial charge in [0.2, 0.25) is 5.95 Å². The summed E-state index contributed by atoms with van der Waals surface area (Å²) in [4.78, 5) is 9.99. The number of aromatic nitrogens is 2. The van der Waals surface area contributed by atoms with Gasteiger partial charge in [-0.1, -0.05) is 23.7 Å². The first-order valence-corrected chi connectivity index (χ1v) is 12.6. The van der Waals surface area contributed by atoms with Gasteiger partial charge in [-0.15, -0.1) is 0 Å². The molecular weight excluding hydrogens is 499 g/mol. The van der Waals surface area contributed by atoms with Crippen molar-refractivity contribution in [3.05, 3.63) is 46.6 Å². The van der Waals surface area contributed by atoms with Crippen molar-refractivity contribution in [1.29, 1.82) is 0 Å². The zero-order valence-corrected chi connectivity index (χ0v) is 21.1. The molecule has 190 valence electrons. The zero-order chi connectivity index (χ0) is 25.1. The van der Waals surface area contributed by atoms with Crippen LogP contribution in [0, 0.1) is 0 Å². The Labute approximate surface area is 213 Å². The van der Waals surface area contributed by atoms with E-state index in [1.165, 1.54) is 0 Å². The molecule has 0 radical (unpaired) electrons. The standard InChI is InChI=1S/C24H29ClF3N5OS/c1-16-4-2-3-11-33(16)20-14-19(24(26,27)28)30-21(31-20)32-22(35)29-15-23(9-12-34-13-10-23)17-5-7-18(25)8-6-17/h5-8,14,16H,2-4,9-13,15H2,1H3,(H2,29,30,31,32,35)/t16-/m0/s1. The highest BCUT2D eigenvalue weighted by Crippen LogP contribution is 2.35. The van der Waals surface area contributed by atoms with Gasteiger partial charge in [0.25, 0.3) is 0 Å². The predicted octanol–water partition coefficient (Wildman–Crippen LogP) is 5.56. The van der Waals surface area contributed by atoms with Gasteiger partial charge in [0.1, 0.15) is 5.82 Å². The first-order valence-electron chi connectivity index (χ1n) is 11.8. The number of benzene rings is 1. The van der Waals surface area contributed by atoms with E-state index in [9.17, 15) is 13.2 Å². The number of alkyl halides is 3. The lowest BCUT2D eigenvalue weighted by molar-refractivity contribution is -0.141. The quantitative estimate of drug-likeness (QED) is 0.493. The molecule has 1 aromatic heterocycles. The van der Waals surface area contributed by atoms with E-state index in [-0.39, 0.29) is 28.3 Å². The van der Waals surface area contributed by atoms with Crippen molar-refractivity contribution < 1.29 is 17.9 Å². The molecule has 6 nitrogen and oxygen atoms in total. The van der Waals surface area contributed by atoms with Crippen LogP contribution in [-0.2, 0) is 16.3 Å². The van der Waals surface area contributed by atoms with Crippen LogP contribution in [0.5, 0.6) is 0 Å². The average molecular weight is 528 g/mol. The molecule has 1 aromatic carbocycles. The van der Waals surface area contributed by atoms with Crippen molar-refractivity contribution in [1.82, 2.24) is 15.3 Å². The second-order valence-corrected chi connectivity index (χ2v) is 10.0. The third-order valence-electron chi connectivity index (χ3n) is 6.82. The van der Waals surface area contributed by atoms with Crippen LogP contribution in [0.3, 0.4) is 0 Å². The summed E-state index contributed by atoms with van der Waals surface area (Å²) in [7, 11) is 0. The number of ether oxygens (including phenoxy) is 1. The Morgan fingerprint density at radius 1 is 1.20 bits per heavy atom. The molecule has 0 amide bonds. The van der Waals surface area contributed by atoms with Gasteiger partial charge in [-0.25, -0.2) is 4.98 Å². The minimum atomic E-state index is -4.59. The van der Waals surface area contributed by atoms with Crippen molar-refractivity contribution in [3.8, 4) is 0 Å². The van der Waals surface area contributed by atoms with Crippen LogP contribution >= 0.6 is 23.8 Å². The van der Waals surface area contributed by atoms with Crippen LogP contribution < -0.4 is 15.5 Å². The number of nitrogens with one attached hydrogen (secondary N) is 2. The number of halogens is 4.